The molecule has 0 unspecified atom stereocenters. The monoisotopic (exact) mass is 448 g/mol. The number of amides is 2. The SMILES string of the molecule is O=C([C@@H]1CC(=O)N(c2ccc(F)cc2)C1)N1CC[C@H](c2ccccc2F)S(=O)(=O)CC1. The normalized spacial score (nSPS) is 23.6. The molecular formula is C22H22F2N2O4S. The molecule has 2 saturated heterocycles. The minimum atomic E-state index is -3.64. The lowest BCUT2D eigenvalue weighted by Gasteiger charge is -2.23. The predicted molar refractivity (Wildman–Crippen MR) is 111 cm³/mol. The number of carbonyl (C=O) groups excluding carboxylic acids is 2. The van der Waals surface area contributed by atoms with Crippen LogP contribution in [0.4, 0.5) is 14.5 Å². The van der Waals surface area contributed by atoms with Gasteiger partial charge in [-0.2, -0.15) is 0 Å². The van der Waals surface area contributed by atoms with Crippen molar-refractivity contribution in [3.63, 3.8) is 0 Å². The molecule has 0 aliphatic carbocycles. The minimum absolute atomic E-state index is 0.00730. The highest BCUT2D eigenvalue weighted by Gasteiger charge is 2.40. The molecule has 4 rings (SSSR count). The number of halogens is 2. The van der Waals surface area contributed by atoms with Crippen molar-refractivity contribution in [2.75, 3.05) is 30.3 Å². The Morgan fingerprint density at radius 2 is 1.71 bits per heavy atom. The van der Waals surface area contributed by atoms with Gasteiger partial charge in [-0.25, -0.2) is 17.2 Å². The van der Waals surface area contributed by atoms with Crippen LogP contribution in [0.5, 0.6) is 0 Å². The van der Waals surface area contributed by atoms with E-state index in [0.29, 0.717) is 5.69 Å². The smallest absolute Gasteiger partial charge is 0.228 e. The molecule has 0 bridgehead atoms. The van der Waals surface area contributed by atoms with Gasteiger partial charge >= 0.3 is 0 Å². The first kappa shape index (κ1) is 21.4. The first-order valence-corrected chi connectivity index (χ1v) is 11.8. The minimum Gasteiger partial charge on any atom is -0.341 e. The lowest BCUT2D eigenvalue weighted by molar-refractivity contribution is -0.135. The van der Waals surface area contributed by atoms with E-state index in [1.165, 1.54) is 52.3 Å². The second-order valence-electron chi connectivity index (χ2n) is 7.87. The fourth-order valence-electron chi connectivity index (χ4n) is 4.25. The summed E-state index contributed by atoms with van der Waals surface area (Å²) >= 11 is 0. The van der Waals surface area contributed by atoms with Crippen LogP contribution in [0.15, 0.2) is 48.5 Å². The van der Waals surface area contributed by atoms with Gasteiger partial charge in [-0.05, 0) is 36.8 Å². The van der Waals surface area contributed by atoms with Crippen LogP contribution >= 0.6 is 0 Å². The maximum Gasteiger partial charge on any atom is 0.228 e. The number of sulfone groups is 1. The van der Waals surface area contributed by atoms with Crippen LogP contribution in [-0.4, -0.2) is 50.5 Å². The van der Waals surface area contributed by atoms with Crippen molar-refractivity contribution in [3.05, 3.63) is 65.7 Å². The molecule has 2 aliphatic rings. The summed E-state index contributed by atoms with van der Waals surface area (Å²) in [6, 6.07) is 11.3. The van der Waals surface area contributed by atoms with Gasteiger partial charge in [0.05, 0.1) is 16.9 Å². The van der Waals surface area contributed by atoms with Crippen LogP contribution in [0.1, 0.15) is 23.7 Å². The highest BCUT2D eigenvalue weighted by molar-refractivity contribution is 7.91. The van der Waals surface area contributed by atoms with Crippen molar-refractivity contribution < 1.29 is 26.8 Å². The van der Waals surface area contributed by atoms with Crippen LogP contribution in [0.2, 0.25) is 0 Å². The van der Waals surface area contributed by atoms with Crippen molar-refractivity contribution in [1.82, 2.24) is 4.90 Å². The zero-order chi connectivity index (χ0) is 22.2. The Morgan fingerprint density at radius 1 is 1.00 bits per heavy atom. The first-order valence-electron chi connectivity index (χ1n) is 10.1. The molecule has 2 aliphatic heterocycles. The molecule has 2 amide bonds. The molecule has 2 atom stereocenters. The van der Waals surface area contributed by atoms with Gasteiger partial charge in [-0.15, -0.1) is 0 Å². The van der Waals surface area contributed by atoms with Gasteiger partial charge in [0.15, 0.2) is 9.84 Å². The number of rotatable bonds is 3. The fraction of sp³-hybridized carbons (Fsp3) is 0.364. The zero-order valence-corrected chi connectivity index (χ0v) is 17.5. The number of carbonyl (C=O) groups is 2. The summed E-state index contributed by atoms with van der Waals surface area (Å²) in [7, 11) is -3.64. The molecule has 0 N–H and O–H groups in total. The van der Waals surface area contributed by atoms with Crippen molar-refractivity contribution in [2.45, 2.75) is 18.1 Å². The van der Waals surface area contributed by atoms with Crippen LogP contribution in [0.3, 0.4) is 0 Å². The fourth-order valence-corrected chi connectivity index (χ4v) is 6.05. The summed E-state index contributed by atoms with van der Waals surface area (Å²) in [5.41, 5.74) is 0.634. The number of anilines is 1. The molecule has 0 aromatic heterocycles. The van der Waals surface area contributed by atoms with Gasteiger partial charge in [0.25, 0.3) is 0 Å². The van der Waals surface area contributed by atoms with Gasteiger partial charge in [0.1, 0.15) is 11.6 Å². The highest BCUT2D eigenvalue weighted by Crippen LogP contribution is 2.32. The third kappa shape index (κ3) is 4.32. The van der Waals surface area contributed by atoms with Crippen LogP contribution in [-0.2, 0) is 19.4 Å². The van der Waals surface area contributed by atoms with E-state index in [1.807, 2.05) is 0 Å². The molecule has 0 spiro atoms. The highest BCUT2D eigenvalue weighted by atomic mass is 32.2. The second kappa shape index (κ2) is 8.37. The van der Waals surface area contributed by atoms with E-state index in [1.54, 1.807) is 6.07 Å². The lowest BCUT2D eigenvalue weighted by atomic mass is 10.1. The van der Waals surface area contributed by atoms with E-state index in [-0.39, 0.29) is 55.6 Å². The molecule has 9 heteroatoms. The Bertz CT molecular complexity index is 1100. The molecule has 2 heterocycles. The van der Waals surface area contributed by atoms with Gasteiger partial charge in [-0.3, -0.25) is 9.59 Å². The molecule has 31 heavy (non-hydrogen) atoms. The average molecular weight is 448 g/mol. The van der Waals surface area contributed by atoms with Crippen LogP contribution in [0.25, 0.3) is 0 Å². The van der Waals surface area contributed by atoms with Crippen LogP contribution in [0, 0.1) is 17.6 Å². The van der Waals surface area contributed by atoms with Crippen molar-refractivity contribution in [1.29, 1.82) is 0 Å². The van der Waals surface area contributed by atoms with E-state index in [2.05, 4.69) is 0 Å². The quantitative estimate of drug-likeness (QED) is 0.724. The van der Waals surface area contributed by atoms with E-state index in [4.69, 9.17) is 0 Å². The summed E-state index contributed by atoms with van der Waals surface area (Å²) < 4.78 is 52.9. The maximum atomic E-state index is 14.2. The van der Waals surface area contributed by atoms with Crippen LogP contribution < -0.4 is 4.90 Å². The summed E-state index contributed by atoms with van der Waals surface area (Å²) in [4.78, 5) is 28.4. The first-order chi connectivity index (χ1) is 14.8. The Hall–Kier alpha value is -2.81. The topological polar surface area (TPSA) is 74.8 Å². The maximum absolute atomic E-state index is 14.2. The van der Waals surface area contributed by atoms with E-state index in [9.17, 15) is 26.8 Å². The molecule has 2 aromatic carbocycles. The largest absolute Gasteiger partial charge is 0.341 e. The summed E-state index contributed by atoms with van der Waals surface area (Å²) in [5, 5.41) is -1.01. The molecule has 2 aromatic rings. The summed E-state index contributed by atoms with van der Waals surface area (Å²) in [5.74, 6) is -2.39. The number of benzene rings is 2. The number of hydrogen-bond donors (Lipinski definition) is 0. The molecule has 2 fully saturated rings. The molecule has 164 valence electrons. The molecule has 6 nitrogen and oxygen atoms in total. The third-order valence-corrected chi connectivity index (χ3v) is 8.03. The second-order valence-corrected chi connectivity index (χ2v) is 10.2. The van der Waals surface area contributed by atoms with E-state index < -0.39 is 32.6 Å². The van der Waals surface area contributed by atoms with Gasteiger partial charge in [0, 0.05) is 37.3 Å². The summed E-state index contributed by atoms with van der Waals surface area (Å²) in [6.07, 6.45) is 0.105. The Labute approximate surface area is 179 Å². The average Bonchev–Trinajstić information content (AvgIpc) is 3.05. The predicted octanol–water partition coefficient (Wildman–Crippen LogP) is 2.71. The number of hydrogen-bond acceptors (Lipinski definition) is 4. The summed E-state index contributed by atoms with van der Waals surface area (Å²) in [6.45, 7) is 0.328. The zero-order valence-electron chi connectivity index (χ0n) is 16.7. The Kier molecular flexibility index (Phi) is 5.79. The van der Waals surface area contributed by atoms with Gasteiger partial charge in [0.2, 0.25) is 11.8 Å². The molecular weight excluding hydrogens is 426 g/mol. The van der Waals surface area contributed by atoms with Crippen molar-refractivity contribution in [2.24, 2.45) is 5.92 Å². The number of nitrogens with zero attached hydrogens (tertiary/aromatic N) is 2. The Balaban J connectivity index is 1.48. The molecule has 0 radical (unpaired) electrons. The van der Waals surface area contributed by atoms with Gasteiger partial charge in [-0.1, -0.05) is 18.2 Å². The standard InChI is InChI=1S/C22H22F2N2O4S/c23-16-5-7-17(8-6-16)26-14-15(13-21(26)27)22(28)25-10-9-20(31(29,30)12-11-25)18-3-1-2-4-19(18)24/h1-8,15,20H,9-14H2/t15-,20-/m1/s1. The molecule has 0 saturated carbocycles. The Morgan fingerprint density at radius 3 is 2.42 bits per heavy atom. The van der Waals surface area contributed by atoms with Gasteiger partial charge < -0.3 is 9.80 Å². The van der Waals surface area contributed by atoms with E-state index >= 15 is 0 Å². The third-order valence-electron chi connectivity index (χ3n) is 5.92. The lowest BCUT2D eigenvalue weighted by Crippen LogP contribution is -2.39. The van der Waals surface area contributed by atoms with Crippen molar-refractivity contribution in [3.8, 4) is 0 Å². The van der Waals surface area contributed by atoms with E-state index in [0.717, 1.165) is 0 Å². The van der Waals surface area contributed by atoms with Crippen molar-refractivity contribution >= 4 is 27.3 Å².